The second-order valence-electron chi connectivity index (χ2n) is 6.33. The van der Waals surface area contributed by atoms with E-state index in [0.29, 0.717) is 11.0 Å². The molecule has 132 valence electrons. The molecule has 0 aromatic heterocycles. The zero-order valence-electron chi connectivity index (χ0n) is 13.7. The van der Waals surface area contributed by atoms with Crippen LogP contribution in [0.25, 0.3) is 0 Å². The molecule has 0 saturated carbocycles. The van der Waals surface area contributed by atoms with Gasteiger partial charge in [0, 0.05) is 24.9 Å². The summed E-state index contributed by atoms with van der Waals surface area (Å²) in [6, 6.07) is 0. The molecule has 8 nitrogen and oxygen atoms in total. The van der Waals surface area contributed by atoms with Gasteiger partial charge in [0.25, 0.3) is 0 Å². The number of hydrogen-bond acceptors (Lipinski definition) is 6. The van der Waals surface area contributed by atoms with E-state index in [1.807, 2.05) is 21.1 Å². The summed E-state index contributed by atoms with van der Waals surface area (Å²) in [5, 5.41) is 28.7. The van der Waals surface area contributed by atoms with Crippen LogP contribution in [0.5, 0.6) is 0 Å². The van der Waals surface area contributed by atoms with Gasteiger partial charge in [0.2, 0.25) is 0 Å². The largest absolute Gasteiger partial charge is 0.550 e. The molecule has 8 heteroatoms. The van der Waals surface area contributed by atoms with Gasteiger partial charge in [0.1, 0.15) is 6.54 Å². The summed E-state index contributed by atoms with van der Waals surface area (Å²) >= 11 is 0. The molecule has 0 aliphatic carbocycles. The first-order chi connectivity index (χ1) is 10.5. The number of nitrogens with zero attached hydrogens (tertiary/aromatic N) is 1. The number of aliphatic carboxylic acids is 2. The van der Waals surface area contributed by atoms with Crippen molar-refractivity contribution in [3.63, 3.8) is 0 Å². The number of carboxylic acids is 2. The van der Waals surface area contributed by atoms with Crippen molar-refractivity contribution in [2.75, 3.05) is 27.7 Å². The van der Waals surface area contributed by atoms with Crippen molar-refractivity contribution in [2.45, 2.75) is 37.9 Å². The van der Waals surface area contributed by atoms with Crippen molar-refractivity contribution in [1.82, 2.24) is 0 Å². The Hall–Kier alpha value is -1.93. The Morgan fingerprint density at radius 3 is 2.35 bits per heavy atom. The third-order valence-electron chi connectivity index (χ3n) is 2.78. The lowest BCUT2D eigenvalue weighted by Crippen LogP contribution is -2.45. The van der Waals surface area contributed by atoms with Crippen LogP contribution < -0.4 is 5.11 Å². The van der Waals surface area contributed by atoms with E-state index in [4.69, 9.17) is 9.84 Å². The van der Waals surface area contributed by atoms with Gasteiger partial charge in [-0.25, -0.2) is 4.79 Å². The molecule has 0 bridgehead atoms. The van der Waals surface area contributed by atoms with Crippen LogP contribution in [-0.4, -0.2) is 72.5 Å². The number of esters is 1. The average molecular weight is 331 g/mol. The van der Waals surface area contributed by atoms with Gasteiger partial charge in [-0.3, -0.25) is 4.79 Å². The highest BCUT2D eigenvalue weighted by atomic mass is 16.5. The molecule has 0 aromatic rings. The Bertz CT molecular complexity index is 440. The lowest BCUT2D eigenvalue weighted by Gasteiger charge is -2.29. The molecular formula is C15H25NO7. The number of aliphatic hydroxyl groups excluding tert-OH is 1. The third-order valence-corrected chi connectivity index (χ3v) is 2.78. The zero-order valence-corrected chi connectivity index (χ0v) is 13.7. The summed E-state index contributed by atoms with van der Waals surface area (Å²) in [7, 11) is 5.51. The van der Waals surface area contributed by atoms with Crippen LogP contribution in [0, 0.1) is 0 Å². The topological polar surface area (TPSA) is 124 Å². The van der Waals surface area contributed by atoms with Gasteiger partial charge in [-0.05, 0) is 12.8 Å². The van der Waals surface area contributed by atoms with Gasteiger partial charge in [0.05, 0.1) is 27.2 Å². The number of likely N-dealkylation sites (N-methyl/N-ethyl adjacent to an activating group) is 1. The quantitative estimate of drug-likeness (QED) is 0.280. The van der Waals surface area contributed by atoms with Crippen molar-refractivity contribution in [1.29, 1.82) is 0 Å². The van der Waals surface area contributed by atoms with Crippen molar-refractivity contribution in [2.24, 2.45) is 0 Å². The van der Waals surface area contributed by atoms with Gasteiger partial charge in [-0.1, -0.05) is 6.08 Å². The average Bonchev–Trinajstić information content (AvgIpc) is 2.33. The van der Waals surface area contributed by atoms with Gasteiger partial charge in [0.15, 0.2) is 6.10 Å². The molecule has 0 saturated heterocycles. The number of hydrogen-bond donors (Lipinski definition) is 2. The van der Waals surface area contributed by atoms with Gasteiger partial charge in [-0.15, -0.1) is 0 Å². The van der Waals surface area contributed by atoms with Crippen LogP contribution in [0.3, 0.4) is 0 Å². The van der Waals surface area contributed by atoms with Crippen LogP contribution in [0.4, 0.5) is 0 Å². The van der Waals surface area contributed by atoms with Crippen LogP contribution >= 0.6 is 0 Å². The highest BCUT2D eigenvalue weighted by molar-refractivity contribution is 5.82. The minimum atomic E-state index is -1.30. The zero-order chi connectivity index (χ0) is 18.0. The number of carboxylic acid groups (broad SMARTS) is 2. The van der Waals surface area contributed by atoms with E-state index in [1.54, 1.807) is 0 Å². The molecule has 0 radical (unpaired) electrons. The van der Waals surface area contributed by atoms with Crippen LogP contribution in [0.2, 0.25) is 0 Å². The Morgan fingerprint density at radius 1 is 1.26 bits per heavy atom. The third kappa shape index (κ3) is 13.5. The van der Waals surface area contributed by atoms with Crippen molar-refractivity contribution in [3.8, 4) is 0 Å². The normalized spacial score (nSPS) is 14.4. The fraction of sp³-hybridized carbons (Fsp3) is 0.667. The maximum Gasteiger partial charge on any atom is 0.330 e. The molecule has 2 N–H and O–H groups in total. The fourth-order valence-corrected chi connectivity index (χ4v) is 1.87. The van der Waals surface area contributed by atoms with Crippen LogP contribution in [0.1, 0.15) is 25.7 Å². The summed E-state index contributed by atoms with van der Waals surface area (Å²) < 4.78 is 5.50. The highest BCUT2D eigenvalue weighted by Gasteiger charge is 2.21. The van der Waals surface area contributed by atoms with E-state index in [0.717, 1.165) is 6.08 Å². The molecule has 0 rings (SSSR count). The van der Waals surface area contributed by atoms with E-state index in [1.165, 1.54) is 6.08 Å². The molecule has 0 fully saturated rings. The second-order valence-corrected chi connectivity index (χ2v) is 6.33. The van der Waals surface area contributed by atoms with E-state index in [-0.39, 0.29) is 19.3 Å². The van der Waals surface area contributed by atoms with Gasteiger partial charge >= 0.3 is 11.9 Å². The molecule has 2 unspecified atom stereocenters. The molecule has 2 atom stereocenters. The van der Waals surface area contributed by atoms with Crippen molar-refractivity contribution >= 4 is 17.9 Å². The minimum Gasteiger partial charge on any atom is -0.550 e. The summed E-state index contributed by atoms with van der Waals surface area (Å²) in [4.78, 5) is 32.7. The number of carbonyl (C=O) groups is 3. The van der Waals surface area contributed by atoms with E-state index in [9.17, 15) is 24.6 Å². The Labute approximate surface area is 135 Å². The van der Waals surface area contributed by atoms with E-state index >= 15 is 0 Å². The van der Waals surface area contributed by atoms with Crippen LogP contribution in [-0.2, 0) is 19.1 Å². The number of ether oxygens (including phenoxy) is 1. The lowest BCUT2D eigenvalue weighted by atomic mass is 10.1. The van der Waals surface area contributed by atoms with Gasteiger partial charge in [-0.2, -0.15) is 0 Å². The minimum absolute atomic E-state index is 0.0868. The molecule has 0 aliphatic heterocycles. The standard InChI is InChI=1S/C15H25NO7/c1-16(2,3)10-12(9-14(20)21)23-15(22)6-4-5-11(17)7-8-13(18)19/h4,6,11-12,17H,5,7-10H2,1-3H3,(H-,18,19,20,21)/b6-4+. The number of aliphatic hydroxyl groups is 1. The number of rotatable bonds is 11. The second kappa shape index (κ2) is 9.96. The first kappa shape index (κ1) is 21.1. The summed E-state index contributed by atoms with van der Waals surface area (Å²) in [5.41, 5.74) is 0. The molecular weight excluding hydrogens is 306 g/mol. The first-order valence-corrected chi connectivity index (χ1v) is 7.27. The van der Waals surface area contributed by atoms with Crippen molar-refractivity contribution < 1.29 is 38.9 Å². The summed E-state index contributed by atoms with van der Waals surface area (Å²) in [6.45, 7) is 0.314. The van der Waals surface area contributed by atoms with Gasteiger partial charge < -0.3 is 29.3 Å². The Balaban J connectivity index is 4.37. The van der Waals surface area contributed by atoms with Crippen LogP contribution in [0.15, 0.2) is 12.2 Å². The summed E-state index contributed by atoms with van der Waals surface area (Å²) in [6.07, 6.45) is 0.451. The number of carbonyl (C=O) groups excluding carboxylic acids is 2. The predicted octanol–water partition coefficient (Wildman–Crippen LogP) is -1.08. The maximum absolute atomic E-state index is 11.7. The SMILES string of the molecule is C[N+](C)(C)CC(CC(=O)[O-])OC(=O)/C=C/CC(O)CCC(=O)O. The molecule has 0 spiro atoms. The molecule has 0 aromatic carbocycles. The maximum atomic E-state index is 11.7. The highest BCUT2D eigenvalue weighted by Crippen LogP contribution is 2.06. The molecule has 0 heterocycles. The summed E-state index contributed by atoms with van der Waals surface area (Å²) in [5.74, 6) is -3.02. The smallest absolute Gasteiger partial charge is 0.330 e. The molecule has 23 heavy (non-hydrogen) atoms. The monoisotopic (exact) mass is 331 g/mol. The van der Waals surface area contributed by atoms with E-state index < -0.39 is 36.5 Å². The first-order valence-electron chi connectivity index (χ1n) is 7.27. The molecule has 0 aliphatic rings. The lowest BCUT2D eigenvalue weighted by molar-refractivity contribution is -0.873. The fourth-order valence-electron chi connectivity index (χ4n) is 1.87. The van der Waals surface area contributed by atoms with Crippen molar-refractivity contribution in [3.05, 3.63) is 12.2 Å². The predicted molar refractivity (Wildman–Crippen MR) is 79.0 cm³/mol. The number of quaternary nitrogens is 1. The van der Waals surface area contributed by atoms with E-state index in [2.05, 4.69) is 0 Å². The molecule has 0 amide bonds. The Morgan fingerprint density at radius 2 is 1.87 bits per heavy atom. The Kier molecular flexibility index (Phi) is 9.12.